The number of amides is 1. The molecule has 0 unspecified atom stereocenters. The Morgan fingerprint density at radius 2 is 2.00 bits per heavy atom. The minimum atomic E-state index is 0.148. The maximum atomic E-state index is 13.1. The summed E-state index contributed by atoms with van der Waals surface area (Å²) in [5, 5.41) is 1.13. The quantitative estimate of drug-likeness (QED) is 0.741. The zero-order valence-electron chi connectivity index (χ0n) is 16.6. The molecule has 2 aliphatic rings. The first kappa shape index (κ1) is 18.1. The van der Waals surface area contributed by atoms with Crippen LogP contribution in [0.3, 0.4) is 0 Å². The summed E-state index contributed by atoms with van der Waals surface area (Å²) in [6, 6.07) is 8.16. The van der Waals surface area contributed by atoms with Crippen LogP contribution in [0.5, 0.6) is 0 Å². The minimum absolute atomic E-state index is 0.148. The second-order valence-electron chi connectivity index (χ2n) is 7.74. The molecule has 0 radical (unpaired) electrons. The van der Waals surface area contributed by atoms with Gasteiger partial charge in [-0.2, -0.15) is 0 Å². The number of aromatic nitrogens is 3. The minimum Gasteiger partial charge on any atom is -0.378 e. The fourth-order valence-corrected chi connectivity index (χ4v) is 4.42. The van der Waals surface area contributed by atoms with E-state index < -0.39 is 0 Å². The van der Waals surface area contributed by atoms with Crippen molar-refractivity contribution in [1.82, 2.24) is 19.9 Å². The van der Waals surface area contributed by atoms with Crippen molar-refractivity contribution in [2.45, 2.75) is 26.3 Å². The van der Waals surface area contributed by atoms with Gasteiger partial charge in [-0.05, 0) is 25.0 Å². The zero-order valence-corrected chi connectivity index (χ0v) is 16.6. The van der Waals surface area contributed by atoms with Crippen LogP contribution in [0.25, 0.3) is 10.9 Å². The lowest BCUT2D eigenvalue weighted by atomic mass is 10.0. The first-order valence-corrected chi connectivity index (χ1v) is 10.2. The first-order chi connectivity index (χ1) is 14.2. The number of aryl methyl sites for hydroxylation is 1. The van der Waals surface area contributed by atoms with Crippen molar-refractivity contribution in [2.75, 3.05) is 37.7 Å². The SMILES string of the molecule is Cc1[nH]c2ccccc2c1CC(=O)N1CCc2c(ncnc2N2CCOCC2)C1. The molecule has 1 saturated heterocycles. The lowest BCUT2D eigenvalue weighted by molar-refractivity contribution is -0.131. The number of H-pyrrole nitrogens is 1. The largest absolute Gasteiger partial charge is 0.378 e. The lowest BCUT2D eigenvalue weighted by Gasteiger charge is -2.33. The predicted octanol–water partition coefficient (Wildman–Crippen LogP) is 2.23. The van der Waals surface area contributed by atoms with Crippen molar-refractivity contribution in [3.63, 3.8) is 0 Å². The Hall–Kier alpha value is -2.93. The number of carbonyl (C=O) groups is 1. The van der Waals surface area contributed by atoms with Crippen LogP contribution in [-0.2, 0) is 28.9 Å². The Labute approximate surface area is 169 Å². The highest BCUT2D eigenvalue weighted by Gasteiger charge is 2.27. The third-order valence-corrected chi connectivity index (χ3v) is 6.00. The summed E-state index contributed by atoms with van der Waals surface area (Å²) in [7, 11) is 0. The van der Waals surface area contributed by atoms with Crippen LogP contribution in [0.4, 0.5) is 5.82 Å². The van der Waals surface area contributed by atoms with Gasteiger partial charge < -0.3 is 19.5 Å². The third kappa shape index (κ3) is 3.35. The highest BCUT2D eigenvalue weighted by atomic mass is 16.5. The molecule has 5 rings (SSSR count). The summed E-state index contributed by atoms with van der Waals surface area (Å²) in [5.41, 5.74) is 5.39. The van der Waals surface area contributed by atoms with Crippen LogP contribution in [-0.4, -0.2) is 58.6 Å². The standard InChI is InChI=1S/C22H25N5O2/c1-15-18(16-4-2-3-5-19(16)25-15)12-21(28)27-7-6-17-20(13-27)23-14-24-22(17)26-8-10-29-11-9-26/h2-5,14,25H,6-13H2,1H3. The molecule has 0 saturated carbocycles. The van der Waals surface area contributed by atoms with Gasteiger partial charge in [0.1, 0.15) is 12.1 Å². The number of rotatable bonds is 3. The highest BCUT2D eigenvalue weighted by molar-refractivity contribution is 5.90. The maximum Gasteiger partial charge on any atom is 0.227 e. The first-order valence-electron chi connectivity index (χ1n) is 10.2. The van der Waals surface area contributed by atoms with E-state index in [-0.39, 0.29) is 5.91 Å². The summed E-state index contributed by atoms with van der Waals surface area (Å²) in [6.07, 6.45) is 2.83. The van der Waals surface area contributed by atoms with Gasteiger partial charge in [-0.1, -0.05) is 18.2 Å². The Morgan fingerprint density at radius 3 is 2.86 bits per heavy atom. The van der Waals surface area contributed by atoms with E-state index in [9.17, 15) is 4.79 Å². The summed E-state index contributed by atoms with van der Waals surface area (Å²) >= 11 is 0. The van der Waals surface area contributed by atoms with E-state index in [4.69, 9.17) is 4.74 Å². The van der Waals surface area contributed by atoms with E-state index in [1.165, 1.54) is 5.56 Å². The number of para-hydroxylation sites is 1. The van der Waals surface area contributed by atoms with E-state index >= 15 is 0 Å². The van der Waals surface area contributed by atoms with Crippen LogP contribution in [0.1, 0.15) is 22.5 Å². The van der Waals surface area contributed by atoms with Crippen LogP contribution in [0.2, 0.25) is 0 Å². The summed E-state index contributed by atoms with van der Waals surface area (Å²) in [4.78, 5) is 29.7. The molecule has 0 aliphatic carbocycles. The van der Waals surface area contributed by atoms with Gasteiger partial charge in [-0.15, -0.1) is 0 Å². The summed E-state index contributed by atoms with van der Waals surface area (Å²) < 4.78 is 5.46. The number of nitrogens with zero attached hydrogens (tertiary/aromatic N) is 4. The molecule has 0 atom stereocenters. The molecule has 2 aromatic heterocycles. The van der Waals surface area contributed by atoms with E-state index in [1.54, 1.807) is 6.33 Å². The van der Waals surface area contributed by atoms with Crippen molar-refractivity contribution < 1.29 is 9.53 Å². The number of nitrogens with one attached hydrogen (secondary N) is 1. The number of anilines is 1. The second-order valence-corrected chi connectivity index (χ2v) is 7.74. The van der Waals surface area contributed by atoms with Gasteiger partial charge >= 0.3 is 0 Å². The van der Waals surface area contributed by atoms with Gasteiger partial charge in [0.05, 0.1) is 31.9 Å². The Balaban J connectivity index is 1.35. The maximum absolute atomic E-state index is 13.1. The number of benzene rings is 1. The van der Waals surface area contributed by atoms with Crippen LogP contribution >= 0.6 is 0 Å². The second kappa shape index (κ2) is 7.48. The number of aromatic amines is 1. The van der Waals surface area contributed by atoms with E-state index in [0.717, 1.165) is 66.4 Å². The number of fused-ring (bicyclic) bond motifs is 2. The molecular formula is C22H25N5O2. The van der Waals surface area contributed by atoms with Crippen molar-refractivity contribution >= 4 is 22.6 Å². The Bertz CT molecular complexity index is 1050. The van der Waals surface area contributed by atoms with Gasteiger partial charge in [0.25, 0.3) is 0 Å². The molecule has 1 amide bonds. The topological polar surface area (TPSA) is 74.4 Å². The number of morpholine rings is 1. The Morgan fingerprint density at radius 1 is 1.17 bits per heavy atom. The smallest absolute Gasteiger partial charge is 0.227 e. The predicted molar refractivity (Wildman–Crippen MR) is 111 cm³/mol. The van der Waals surface area contributed by atoms with Crippen LogP contribution in [0, 0.1) is 6.92 Å². The molecule has 2 aliphatic heterocycles. The van der Waals surface area contributed by atoms with Crippen LogP contribution < -0.4 is 4.90 Å². The van der Waals surface area contributed by atoms with E-state index in [1.807, 2.05) is 24.0 Å². The van der Waals surface area contributed by atoms with Crippen molar-refractivity contribution in [3.8, 4) is 0 Å². The van der Waals surface area contributed by atoms with Crippen molar-refractivity contribution in [1.29, 1.82) is 0 Å². The molecule has 1 fully saturated rings. The fraction of sp³-hybridized carbons (Fsp3) is 0.409. The monoisotopic (exact) mass is 391 g/mol. The van der Waals surface area contributed by atoms with E-state index in [2.05, 4.69) is 32.0 Å². The molecule has 4 heterocycles. The average molecular weight is 391 g/mol. The molecule has 1 N–H and O–H groups in total. The highest BCUT2D eigenvalue weighted by Crippen LogP contribution is 2.28. The molecule has 0 spiro atoms. The van der Waals surface area contributed by atoms with Crippen molar-refractivity contribution in [3.05, 3.63) is 53.1 Å². The molecule has 1 aromatic carbocycles. The van der Waals surface area contributed by atoms with Gasteiger partial charge in [0.2, 0.25) is 5.91 Å². The number of hydrogen-bond acceptors (Lipinski definition) is 5. The fourth-order valence-electron chi connectivity index (χ4n) is 4.42. The lowest BCUT2D eigenvalue weighted by Crippen LogP contribution is -2.41. The van der Waals surface area contributed by atoms with Gasteiger partial charge in [-0.25, -0.2) is 9.97 Å². The van der Waals surface area contributed by atoms with Crippen LogP contribution in [0.15, 0.2) is 30.6 Å². The molecule has 0 bridgehead atoms. The van der Waals surface area contributed by atoms with Gasteiger partial charge in [0.15, 0.2) is 0 Å². The zero-order chi connectivity index (χ0) is 19.8. The molecular weight excluding hydrogens is 366 g/mol. The number of hydrogen-bond donors (Lipinski definition) is 1. The number of carbonyl (C=O) groups excluding carboxylic acids is 1. The van der Waals surface area contributed by atoms with E-state index in [0.29, 0.717) is 19.5 Å². The summed E-state index contributed by atoms with van der Waals surface area (Å²) in [5.74, 6) is 1.16. The van der Waals surface area contributed by atoms with Gasteiger partial charge in [-0.3, -0.25) is 4.79 Å². The van der Waals surface area contributed by atoms with Gasteiger partial charge in [0, 0.05) is 41.8 Å². The average Bonchev–Trinajstić information content (AvgIpc) is 3.08. The molecule has 7 heteroatoms. The number of ether oxygens (including phenoxy) is 1. The van der Waals surface area contributed by atoms with Crippen molar-refractivity contribution in [2.24, 2.45) is 0 Å². The third-order valence-electron chi connectivity index (χ3n) is 6.00. The summed E-state index contributed by atoms with van der Waals surface area (Å²) in [6.45, 7) is 6.46. The molecule has 150 valence electrons. The normalized spacial score (nSPS) is 16.9. The molecule has 7 nitrogen and oxygen atoms in total. The molecule has 3 aromatic rings. The Kier molecular flexibility index (Phi) is 4.67. The molecule has 29 heavy (non-hydrogen) atoms.